The molecule has 3 aromatic carbocycles. The Balaban J connectivity index is 1.89. The average molecular weight is 395 g/mol. The van der Waals surface area contributed by atoms with Crippen LogP contribution in [0.2, 0.25) is 0 Å². The highest BCUT2D eigenvalue weighted by atomic mass is 16.4. The van der Waals surface area contributed by atoms with Gasteiger partial charge in [-0.25, -0.2) is 9.78 Å². The minimum atomic E-state index is -0.960. The summed E-state index contributed by atoms with van der Waals surface area (Å²) < 4.78 is 5.41. The third-order valence-corrected chi connectivity index (χ3v) is 5.01. The highest BCUT2D eigenvalue weighted by molar-refractivity contribution is 6.00. The van der Waals surface area contributed by atoms with Gasteiger partial charge in [-0.3, -0.25) is 0 Å². The second kappa shape index (κ2) is 8.62. The van der Waals surface area contributed by atoms with Crippen LogP contribution in [0.25, 0.3) is 28.3 Å². The Morgan fingerprint density at radius 3 is 2.40 bits per heavy atom. The highest BCUT2D eigenvalue weighted by Gasteiger charge is 2.14. The summed E-state index contributed by atoms with van der Waals surface area (Å²) in [7, 11) is 0. The lowest BCUT2D eigenvalue weighted by molar-refractivity contribution is -0.131. The number of carboxylic acid groups (broad SMARTS) is 1. The van der Waals surface area contributed by atoms with Crippen LogP contribution in [0.15, 0.2) is 89.7 Å². The van der Waals surface area contributed by atoms with Crippen molar-refractivity contribution >= 4 is 34.3 Å². The smallest absolute Gasteiger partial charge is 0.328 e. The average Bonchev–Trinajstić information content (AvgIpc) is 3.25. The van der Waals surface area contributed by atoms with Crippen LogP contribution >= 0.6 is 0 Å². The summed E-state index contributed by atoms with van der Waals surface area (Å²) in [5.41, 5.74) is 8.06. The lowest BCUT2D eigenvalue weighted by atomic mass is 9.88. The van der Waals surface area contributed by atoms with E-state index in [9.17, 15) is 4.79 Å². The van der Waals surface area contributed by atoms with Crippen molar-refractivity contribution in [2.45, 2.75) is 13.3 Å². The maximum atomic E-state index is 10.8. The van der Waals surface area contributed by atoms with Crippen LogP contribution in [-0.4, -0.2) is 16.1 Å². The van der Waals surface area contributed by atoms with E-state index in [2.05, 4.69) is 30.1 Å². The zero-order valence-electron chi connectivity index (χ0n) is 16.6. The molecular weight excluding hydrogens is 374 g/mol. The normalized spacial score (nSPS) is 12.3. The van der Waals surface area contributed by atoms with Crippen LogP contribution in [0.4, 0.5) is 0 Å². The van der Waals surface area contributed by atoms with Gasteiger partial charge in [0.25, 0.3) is 0 Å². The Labute approximate surface area is 174 Å². The Bertz CT molecular complexity index is 1230. The molecule has 0 saturated carbocycles. The SMILES string of the molecule is CCC(=C(c1ccc(C=CC(=O)O)cc1)c1ccc2ocnc2c1)c1ccccc1. The summed E-state index contributed by atoms with van der Waals surface area (Å²) in [6, 6.07) is 24.3. The second-order valence-electron chi connectivity index (χ2n) is 6.90. The van der Waals surface area contributed by atoms with Crippen molar-refractivity contribution in [1.82, 2.24) is 4.98 Å². The quantitative estimate of drug-likeness (QED) is 0.308. The first kappa shape index (κ1) is 19.4. The monoisotopic (exact) mass is 395 g/mol. The molecule has 0 unspecified atom stereocenters. The van der Waals surface area contributed by atoms with E-state index in [0.717, 1.165) is 45.9 Å². The molecular formula is C26H21NO3. The molecule has 0 aliphatic heterocycles. The number of hydrogen-bond acceptors (Lipinski definition) is 3. The summed E-state index contributed by atoms with van der Waals surface area (Å²) in [4.78, 5) is 15.1. The molecule has 0 amide bonds. The molecule has 0 fully saturated rings. The first-order valence-corrected chi connectivity index (χ1v) is 9.79. The number of aliphatic carboxylic acids is 1. The van der Waals surface area contributed by atoms with Crippen molar-refractivity contribution in [3.8, 4) is 0 Å². The molecule has 1 N–H and O–H groups in total. The maximum Gasteiger partial charge on any atom is 0.328 e. The summed E-state index contributed by atoms with van der Waals surface area (Å²) in [6.45, 7) is 2.15. The number of hydrogen-bond donors (Lipinski definition) is 1. The van der Waals surface area contributed by atoms with Crippen LogP contribution in [-0.2, 0) is 4.79 Å². The minimum Gasteiger partial charge on any atom is -0.478 e. The Morgan fingerprint density at radius 2 is 1.70 bits per heavy atom. The van der Waals surface area contributed by atoms with E-state index in [4.69, 9.17) is 9.52 Å². The second-order valence-corrected chi connectivity index (χ2v) is 6.90. The first-order chi connectivity index (χ1) is 14.7. The zero-order chi connectivity index (χ0) is 20.9. The van der Waals surface area contributed by atoms with Crippen molar-refractivity contribution in [2.75, 3.05) is 0 Å². The van der Waals surface area contributed by atoms with Crippen molar-refractivity contribution in [3.63, 3.8) is 0 Å². The van der Waals surface area contributed by atoms with Gasteiger partial charge in [-0.05, 0) is 58.0 Å². The Kier molecular flexibility index (Phi) is 5.57. The van der Waals surface area contributed by atoms with Gasteiger partial charge in [-0.1, -0.05) is 67.6 Å². The fourth-order valence-corrected chi connectivity index (χ4v) is 3.62. The molecule has 0 aliphatic rings. The summed E-state index contributed by atoms with van der Waals surface area (Å²) >= 11 is 0. The predicted molar refractivity (Wildman–Crippen MR) is 120 cm³/mol. The lowest BCUT2D eigenvalue weighted by Crippen LogP contribution is -1.95. The van der Waals surface area contributed by atoms with Gasteiger partial charge in [-0.15, -0.1) is 0 Å². The molecule has 148 valence electrons. The number of aromatic nitrogens is 1. The largest absolute Gasteiger partial charge is 0.478 e. The van der Waals surface area contributed by atoms with Crippen LogP contribution in [0.3, 0.4) is 0 Å². The van der Waals surface area contributed by atoms with Gasteiger partial charge in [0, 0.05) is 6.08 Å². The van der Waals surface area contributed by atoms with Gasteiger partial charge in [-0.2, -0.15) is 0 Å². The minimum absolute atomic E-state index is 0.755. The number of fused-ring (bicyclic) bond motifs is 1. The zero-order valence-corrected chi connectivity index (χ0v) is 16.6. The molecule has 4 rings (SSSR count). The number of nitrogens with zero attached hydrogens (tertiary/aromatic N) is 1. The van der Waals surface area contributed by atoms with E-state index in [-0.39, 0.29) is 0 Å². The van der Waals surface area contributed by atoms with Gasteiger partial charge >= 0.3 is 5.97 Å². The van der Waals surface area contributed by atoms with E-state index in [1.54, 1.807) is 6.08 Å². The van der Waals surface area contributed by atoms with Crippen LogP contribution < -0.4 is 0 Å². The molecule has 0 bridgehead atoms. The van der Waals surface area contributed by atoms with Gasteiger partial charge in [0.1, 0.15) is 5.52 Å². The van der Waals surface area contributed by atoms with E-state index in [1.165, 1.54) is 17.5 Å². The van der Waals surface area contributed by atoms with E-state index < -0.39 is 5.97 Å². The fraction of sp³-hybridized carbons (Fsp3) is 0.0769. The molecule has 0 atom stereocenters. The molecule has 1 heterocycles. The molecule has 0 saturated heterocycles. The molecule has 4 heteroatoms. The van der Waals surface area contributed by atoms with E-state index >= 15 is 0 Å². The van der Waals surface area contributed by atoms with Gasteiger partial charge in [0.05, 0.1) is 0 Å². The number of benzene rings is 3. The van der Waals surface area contributed by atoms with Gasteiger partial charge < -0.3 is 9.52 Å². The van der Waals surface area contributed by atoms with Crippen LogP contribution in [0.1, 0.15) is 35.6 Å². The summed E-state index contributed by atoms with van der Waals surface area (Å²) in [6.07, 6.45) is 5.05. The number of rotatable bonds is 6. The van der Waals surface area contributed by atoms with Crippen molar-refractivity contribution in [3.05, 3.63) is 108 Å². The van der Waals surface area contributed by atoms with Crippen molar-refractivity contribution in [1.29, 1.82) is 0 Å². The summed E-state index contributed by atoms with van der Waals surface area (Å²) in [5, 5.41) is 8.86. The van der Waals surface area contributed by atoms with Gasteiger partial charge in [0.2, 0.25) is 0 Å². The molecule has 1 aromatic heterocycles. The molecule has 0 aliphatic carbocycles. The maximum absolute atomic E-state index is 10.8. The molecule has 0 spiro atoms. The molecule has 0 radical (unpaired) electrons. The standard InChI is InChI=1S/C26H21NO3/c1-2-22(19-6-4-3-5-7-19)26(21-13-14-24-23(16-21)27-17-30-24)20-11-8-18(9-12-20)10-15-25(28)29/h3-17H,2H2,1H3,(H,28,29). The van der Waals surface area contributed by atoms with Crippen molar-refractivity contribution < 1.29 is 14.3 Å². The Hall–Kier alpha value is -3.92. The first-order valence-electron chi connectivity index (χ1n) is 9.79. The number of allylic oxidation sites excluding steroid dienone is 1. The van der Waals surface area contributed by atoms with Crippen molar-refractivity contribution in [2.24, 2.45) is 0 Å². The van der Waals surface area contributed by atoms with E-state index in [0.29, 0.717) is 0 Å². The Morgan fingerprint density at radius 1 is 0.967 bits per heavy atom. The predicted octanol–water partition coefficient (Wildman–Crippen LogP) is 6.29. The molecule has 30 heavy (non-hydrogen) atoms. The third kappa shape index (κ3) is 4.08. The summed E-state index contributed by atoms with van der Waals surface area (Å²) in [5.74, 6) is -0.960. The fourth-order valence-electron chi connectivity index (χ4n) is 3.62. The third-order valence-electron chi connectivity index (χ3n) is 5.01. The highest BCUT2D eigenvalue weighted by Crippen LogP contribution is 2.35. The molecule has 4 aromatic rings. The number of carbonyl (C=O) groups is 1. The topological polar surface area (TPSA) is 63.3 Å². The van der Waals surface area contributed by atoms with Crippen LogP contribution in [0, 0.1) is 0 Å². The number of carboxylic acids is 1. The van der Waals surface area contributed by atoms with Gasteiger partial charge in [0.15, 0.2) is 12.0 Å². The van der Waals surface area contributed by atoms with Crippen LogP contribution in [0.5, 0.6) is 0 Å². The lowest BCUT2D eigenvalue weighted by Gasteiger charge is -2.16. The molecule has 4 nitrogen and oxygen atoms in total. The number of oxazole rings is 1. The van der Waals surface area contributed by atoms with E-state index in [1.807, 2.05) is 54.6 Å².